The molecule has 3 nitrogen and oxygen atoms in total. The van der Waals surface area contributed by atoms with Gasteiger partial charge in [-0.05, 0) is 13.3 Å². The molecule has 0 bridgehead atoms. The third-order valence-corrected chi connectivity index (χ3v) is 1.28. The molecule has 1 aliphatic heterocycles. The number of aliphatic hydroxyl groups excluding tert-OH is 1. The largest absolute Gasteiger partial charge is 0.396 e. The fourth-order valence-corrected chi connectivity index (χ4v) is 0.832. The van der Waals surface area contributed by atoms with Crippen LogP contribution in [0.2, 0.25) is 0 Å². The molecule has 0 aromatic carbocycles. The summed E-state index contributed by atoms with van der Waals surface area (Å²) in [6.45, 7) is 2.08. The van der Waals surface area contributed by atoms with Crippen LogP contribution in [-0.2, 0) is 9.47 Å². The zero-order chi connectivity index (χ0) is 6.69. The van der Waals surface area contributed by atoms with Crippen molar-refractivity contribution >= 4 is 0 Å². The molecule has 0 radical (unpaired) electrons. The Hall–Kier alpha value is -0.120. The van der Waals surface area contributed by atoms with Crippen molar-refractivity contribution in [3.63, 3.8) is 0 Å². The van der Waals surface area contributed by atoms with Crippen molar-refractivity contribution in [1.29, 1.82) is 0 Å². The minimum atomic E-state index is -0.0489. The first kappa shape index (κ1) is 6.99. The van der Waals surface area contributed by atoms with E-state index >= 15 is 0 Å². The SMILES string of the molecule is CC1OC(CCCO)O1. The number of rotatable bonds is 3. The lowest BCUT2D eigenvalue weighted by Gasteiger charge is -2.33. The van der Waals surface area contributed by atoms with E-state index in [1.807, 2.05) is 6.92 Å². The summed E-state index contributed by atoms with van der Waals surface area (Å²) in [5.41, 5.74) is 0. The molecule has 0 aromatic rings. The second-order valence-corrected chi connectivity index (χ2v) is 2.14. The highest BCUT2D eigenvalue weighted by Crippen LogP contribution is 2.19. The van der Waals surface area contributed by atoms with Gasteiger partial charge in [-0.25, -0.2) is 0 Å². The van der Waals surface area contributed by atoms with Crippen LogP contribution in [0.3, 0.4) is 0 Å². The van der Waals surface area contributed by atoms with Crippen molar-refractivity contribution in [3.05, 3.63) is 0 Å². The van der Waals surface area contributed by atoms with Crippen LogP contribution in [0.4, 0.5) is 0 Å². The Bertz CT molecular complexity index is 78.4. The molecule has 1 aliphatic rings. The molecule has 0 unspecified atom stereocenters. The predicted molar refractivity (Wildman–Crippen MR) is 31.7 cm³/mol. The van der Waals surface area contributed by atoms with Crippen LogP contribution in [0.25, 0.3) is 0 Å². The number of aliphatic hydroxyl groups is 1. The van der Waals surface area contributed by atoms with E-state index in [9.17, 15) is 0 Å². The van der Waals surface area contributed by atoms with E-state index in [2.05, 4.69) is 0 Å². The lowest BCUT2D eigenvalue weighted by molar-refractivity contribution is -0.377. The van der Waals surface area contributed by atoms with Crippen molar-refractivity contribution in [2.75, 3.05) is 6.61 Å². The molecular formula is C6H12O3. The predicted octanol–water partition coefficient (Wildman–Crippen LogP) is 0.478. The van der Waals surface area contributed by atoms with Gasteiger partial charge in [0, 0.05) is 13.0 Å². The topological polar surface area (TPSA) is 38.7 Å². The summed E-state index contributed by atoms with van der Waals surface area (Å²) in [6, 6.07) is 0. The maximum Gasteiger partial charge on any atom is 0.163 e. The van der Waals surface area contributed by atoms with E-state index in [1.54, 1.807) is 0 Å². The van der Waals surface area contributed by atoms with Crippen LogP contribution >= 0.6 is 0 Å². The summed E-state index contributed by atoms with van der Waals surface area (Å²) in [4.78, 5) is 0. The van der Waals surface area contributed by atoms with Gasteiger partial charge in [0.25, 0.3) is 0 Å². The summed E-state index contributed by atoms with van der Waals surface area (Å²) in [5.74, 6) is 0. The van der Waals surface area contributed by atoms with Crippen LogP contribution in [0.1, 0.15) is 19.8 Å². The monoisotopic (exact) mass is 132 g/mol. The highest BCUT2D eigenvalue weighted by atomic mass is 16.9. The Balaban J connectivity index is 1.91. The molecule has 1 rings (SSSR count). The minimum Gasteiger partial charge on any atom is -0.396 e. The van der Waals surface area contributed by atoms with E-state index < -0.39 is 0 Å². The standard InChI is InChI=1S/C6H12O3/c1-5-8-6(9-5)3-2-4-7/h5-7H,2-4H2,1H3. The zero-order valence-corrected chi connectivity index (χ0v) is 5.54. The summed E-state index contributed by atoms with van der Waals surface area (Å²) < 4.78 is 10.2. The molecule has 9 heavy (non-hydrogen) atoms. The number of ether oxygens (including phenoxy) is 2. The molecule has 54 valence electrons. The Morgan fingerprint density at radius 1 is 1.44 bits per heavy atom. The molecule has 1 saturated heterocycles. The quantitative estimate of drug-likeness (QED) is 0.607. The van der Waals surface area contributed by atoms with Gasteiger partial charge in [0.2, 0.25) is 0 Å². The Kier molecular flexibility index (Phi) is 2.45. The Morgan fingerprint density at radius 3 is 2.56 bits per heavy atom. The molecule has 0 amide bonds. The van der Waals surface area contributed by atoms with Crippen LogP contribution in [0, 0.1) is 0 Å². The molecule has 0 spiro atoms. The van der Waals surface area contributed by atoms with E-state index in [0.717, 1.165) is 12.8 Å². The number of hydrogen-bond donors (Lipinski definition) is 1. The van der Waals surface area contributed by atoms with Gasteiger partial charge in [-0.1, -0.05) is 0 Å². The molecule has 1 fully saturated rings. The van der Waals surface area contributed by atoms with E-state index in [1.165, 1.54) is 0 Å². The van der Waals surface area contributed by atoms with Gasteiger partial charge in [0.15, 0.2) is 12.6 Å². The summed E-state index contributed by atoms with van der Waals surface area (Å²) in [7, 11) is 0. The first-order valence-electron chi connectivity index (χ1n) is 3.24. The van der Waals surface area contributed by atoms with Crippen LogP contribution in [0.15, 0.2) is 0 Å². The first-order valence-corrected chi connectivity index (χ1v) is 3.24. The van der Waals surface area contributed by atoms with Crippen molar-refractivity contribution in [3.8, 4) is 0 Å². The molecule has 0 saturated carbocycles. The van der Waals surface area contributed by atoms with Gasteiger partial charge in [0.1, 0.15) is 0 Å². The van der Waals surface area contributed by atoms with Crippen molar-refractivity contribution in [1.82, 2.24) is 0 Å². The lowest BCUT2D eigenvalue weighted by Crippen LogP contribution is -2.38. The summed E-state index contributed by atoms with van der Waals surface area (Å²) in [5, 5.41) is 8.39. The van der Waals surface area contributed by atoms with E-state index in [0.29, 0.717) is 0 Å². The average Bonchev–Trinajstić information content (AvgIpc) is 1.78. The second kappa shape index (κ2) is 3.15. The maximum atomic E-state index is 8.39. The van der Waals surface area contributed by atoms with E-state index in [4.69, 9.17) is 14.6 Å². The van der Waals surface area contributed by atoms with Crippen LogP contribution < -0.4 is 0 Å². The van der Waals surface area contributed by atoms with Crippen molar-refractivity contribution in [2.45, 2.75) is 32.3 Å². The fourth-order valence-electron chi connectivity index (χ4n) is 0.832. The van der Waals surface area contributed by atoms with E-state index in [-0.39, 0.29) is 19.2 Å². The van der Waals surface area contributed by atoms with Gasteiger partial charge >= 0.3 is 0 Å². The third-order valence-electron chi connectivity index (χ3n) is 1.28. The maximum absolute atomic E-state index is 8.39. The van der Waals surface area contributed by atoms with Gasteiger partial charge in [0.05, 0.1) is 0 Å². The van der Waals surface area contributed by atoms with Crippen LogP contribution in [0.5, 0.6) is 0 Å². The Labute approximate surface area is 54.6 Å². The third kappa shape index (κ3) is 1.93. The van der Waals surface area contributed by atoms with Crippen molar-refractivity contribution < 1.29 is 14.6 Å². The van der Waals surface area contributed by atoms with Crippen LogP contribution in [-0.4, -0.2) is 24.3 Å². The van der Waals surface area contributed by atoms with Gasteiger partial charge in [-0.2, -0.15) is 0 Å². The smallest absolute Gasteiger partial charge is 0.163 e. The molecule has 1 heterocycles. The molecule has 0 atom stereocenters. The summed E-state index contributed by atoms with van der Waals surface area (Å²) >= 11 is 0. The molecule has 0 aliphatic carbocycles. The average molecular weight is 132 g/mol. The molecular weight excluding hydrogens is 120 g/mol. The fraction of sp³-hybridized carbons (Fsp3) is 1.00. The highest BCUT2D eigenvalue weighted by molar-refractivity contribution is 4.54. The molecule has 1 N–H and O–H groups in total. The zero-order valence-electron chi connectivity index (χ0n) is 5.54. The summed E-state index contributed by atoms with van der Waals surface area (Å²) in [6.07, 6.45) is 1.49. The normalized spacial score (nSPS) is 34.0. The van der Waals surface area contributed by atoms with Gasteiger partial charge in [-0.3, -0.25) is 0 Å². The van der Waals surface area contributed by atoms with Gasteiger partial charge in [-0.15, -0.1) is 0 Å². The first-order chi connectivity index (χ1) is 4.33. The second-order valence-electron chi connectivity index (χ2n) is 2.14. The van der Waals surface area contributed by atoms with Gasteiger partial charge < -0.3 is 14.6 Å². The Morgan fingerprint density at radius 2 is 2.11 bits per heavy atom. The highest BCUT2D eigenvalue weighted by Gasteiger charge is 2.25. The lowest BCUT2D eigenvalue weighted by atomic mass is 10.3. The minimum absolute atomic E-state index is 0.0336. The molecule has 3 heteroatoms. The van der Waals surface area contributed by atoms with Crippen molar-refractivity contribution in [2.24, 2.45) is 0 Å². The molecule has 0 aromatic heterocycles. The number of hydrogen-bond acceptors (Lipinski definition) is 3.